The molecule has 0 fully saturated rings. The predicted octanol–water partition coefficient (Wildman–Crippen LogP) is 2.95. The minimum absolute atomic E-state index is 0.0391. The number of anilines is 2. The molecule has 1 amide bonds. The van der Waals surface area contributed by atoms with E-state index in [1.165, 1.54) is 6.07 Å². The number of nitrogen functional groups attached to an aromatic ring is 1. The van der Waals surface area contributed by atoms with Gasteiger partial charge in [-0.15, -0.1) is 0 Å². The summed E-state index contributed by atoms with van der Waals surface area (Å²) < 4.78 is 32.0. The van der Waals surface area contributed by atoms with Gasteiger partial charge in [0.05, 0.1) is 13.0 Å². The molecule has 2 aromatic rings. The van der Waals surface area contributed by atoms with Crippen LogP contribution in [0.25, 0.3) is 0 Å². The lowest BCUT2D eigenvalue weighted by Gasteiger charge is -2.09. The van der Waals surface area contributed by atoms with E-state index in [0.717, 1.165) is 12.1 Å². The Bertz CT molecular complexity index is 627. The van der Waals surface area contributed by atoms with E-state index in [1.54, 1.807) is 24.3 Å². The average molecular weight is 292 g/mol. The third-order valence-electron chi connectivity index (χ3n) is 2.68. The Morgan fingerprint density at radius 3 is 2.48 bits per heavy atom. The van der Waals surface area contributed by atoms with Gasteiger partial charge in [0, 0.05) is 11.8 Å². The van der Waals surface area contributed by atoms with Gasteiger partial charge in [0.2, 0.25) is 5.91 Å². The molecule has 0 aromatic heterocycles. The lowest BCUT2D eigenvalue weighted by Crippen LogP contribution is -2.17. The van der Waals surface area contributed by atoms with Gasteiger partial charge in [0.15, 0.2) is 0 Å². The van der Waals surface area contributed by atoms with Crippen molar-refractivity contribution in [1.82, 2.24) is 0 Å². The van der Waals surface area contributed by atoms with Gasteiger partial charge < -0.3 is 15.8 Å². The van der Waals surface area contributed by atoms with Gasteiger partial charge in [-0.2, -0.15) is 0 Å². The van der Waals surface area contributed by atoms with E-state index >= 15 is 0 Å². The molecular formula is C15H14F2N2O2. The van der Waals surface area contributed by atoms with Crippen molar-refractivity contribution in [2.24, 2.45) is 0 Å². The molecule has 0 aliphatic rings. The van der Waals surface area contributed by atoms with Gasteiger partial charge in [-0.3, -0.25) is 4.79 Å². The second kappa shape index (κ2) is 6.69. The minimum Gasteiger partial charge on any atom is -0.493 e. The van der Waals surface area contributed by atoms with Crippen LogP contribution in [0.15, 0.2) is 42.5 Å². The summed E-state index contributed by atoms with van der Waals surface area (Å²) in [6.45, 7) is 0.0748. The van der Waals surface area contributed by atoms with Crippen molar-refractivity contribution >= 4 is 17.3 Å². The van der Waals surface area contributed by atoms with Crippen molar-refractivity contribution in [2.75, 3.05) is 17.7 Å². The summed E-state index contributed by atoms with van der Waals surface area (Å²) in [6, 6.07) is 10.1. The van der Waals surface area contributed by atoms with E-state index in [-0.39, 0.29) is 13.0 Å². The summed E-state index contributed by atoms with van der Waals surface area (Å²) in [6.07, 6.45) is -0.0391. The maximum Gasteiger partial charge on any atom is 0.227 e. The van der Waals surface area contributed by atoms with Gasteiger partial charge in [-0.25, -0.2) is 8.78 Å². The monoisotopic (exact) mass is 292 g/mol. The fraction of sp³-hybridized carbons (Fsp3) is 0.133. The van der Waals surface area contributed by atoms with Gasteiger partial charge in [0.25, 0.3) is 0 Å². The molecule has 0 atom stereocenters. The molecule has 110 valence electrons. The van der Waals surface area contributed by atoms with Crippen molar-refractivity contribution in [3.8, 4) is 5.75 Å². The predicted molar refractivity (Wildman–Crippen MR) is 76.0 cm³/mol. The fourth-order valence-corrected chi connectivity index (χ4v) is 1.69. The van der Waals surface area contributed by atoms with Crippen molar-refractivity contribution in [1.29, 1.82) is 0 Å². The van der Waals surface area contributed by atoms with Gasteiger partial charge in [0.1, 0.15) is 23.1 Å². The van der Waals surface area contributed by atoms with Gasteiger partial charge in [-0.1, -0.05) is 12.1 Å². The van der Waals surface area contributed by atoms with Crippen LogP contribution in [0, 0.1) is 11.6 Å². The molecule has 6 heteroatoms. The number of halogens is 2. The average Bonchev–Trinajstić information content (AvgIpc) is 2.43. The van der Waals surface area contributed by atoms with Crippen LogP contribution in [0.2, 0.25) is 0 Å². The molecule has 2 aromatic carbocycles. The lowest BCUT2D eigenvalue weighted by molar-refractivity contribution is -0.116. The van der Waals surface area contributed by atoms with Crippen molar-refractivity contribution in [2.45, 2.75) is 6.42 Å². The largest absolute Gasteiger partial charge is 0.493 e. The van der Waals surface area contributed by atoms with Crippen LogP contribution >= 0.6 is 0 Å². The molecule has 2 rings (SSSR count). The SMILES string of the molecule is Nc1cccc(OCCC(=O)Nc2c(F)cccc2F)c1. The minimum atomic E-state index is -0.819. The first-order chi connectivity index (χ1) is 10.1. The summed E-state index contributed by atoms with van der Waals surface area (Å²) >= 11 is 0. The zero-order chi connectivity index (χ0) is 15.2. The van der Waals surface area contributed by atoms with Crippen LogP contribution in [0.4, 0.5) is 20.2 Å². The summed E-state index contributed by atoms with van der Waals surface area (Å²) in [5, 5.41) is 2.18. The van der Waals surface area contributed by atoms with Crippen LogP contribution in [0.1, 0.15) is 6.42 Å². The Kier molecular flexibility index (Phi) is 4.71. The van der Waals surface area contributed by atoms with E-state index in [0.29, 0.717) is 11.4 Å². The third kappa shape index (κ3) is 4.17. The quantitative estimate of drug-likeness (QED) is 0.833. The highest BCUT2D eigenvalue weighted by Gasteiger charge is 2.11. The van der Waals surface area contributed by atoms with E-state index in [1.807, 2.05) is 0 Å². The van der Waals surface area contributed by atoms with Crippen LogP contribution in [0.5, 0.6) is 5.75 Å². The molecule has 0 unspecified atom stereocenters. The molecule has 0 heterocycles. The number of ether oxygens (including phenoxy) is 1. The Morgan fingerprint density at radius 1 is 1.14 bits per heavy atom. The number of carbonyl (C=O) groups excluding carboxylic acids is 1. The summed E-state index contributed by atoms with van der Waals surface area (Å²) in [7, 11) is 0. The van der Waals surface area contributed by atoms with Gasteiger partial charge >= 0.3 is 0 Å². The maximum atomic E-state index is 13.3. The first kappa shape index (κ1) is 14.8. The van der Waals surface area contributed by atoms with Crippen LogP contribution in [0.3, 0.4) is 0 Å². The maximum absolute atomic E-state index is 13.3. The van der Waals surface area contributed by atoms with Crippen molar-refractivity contribution in [3.05, 3.63) is 54.1 Å². The standard InChI is InChI=1S/C15H14F2N2O2/c16-12-5-2-6-13(17)15(12)19-14(20)7-8-21-11-4-1-3-10(18)9-11/h1-6,9H,7-8,18H2,(H,19,20). The van der Waals surface area contributed by atoms with Crippen LogP contribution in [-0.4, -0.2) is 12.5 Å². The second-order valence-electron chi connectivity index (χ2n) is 4.32. The topological polar surface area (TPSA) is 64.3 Å². The highest BCUT2D eigenvalue weighted by atomic mass is 19.1. The Hall–Kier alpha value is -2.63. The fourth-order valence-electron chi connectivity index (χ4n) is 1.69. The first-order valence-corrected chi connectivity index (χ1v) is 6.28. The number of hydrogen-bond acceptors (Lipinski definition) is 3. The van der Waals surface area contributed by atoms with E-state index in [9.17, 15) is 13.6 Å². The number of para-hydroxylation sites is 1. The molecule has 0 aliphatic heterocycles. The number of amides is 1. The smallest absolute Gasteiger partial charge is 0.227 e. The zero-order valence-corrected chi connectivity index (χ0v) is 11.1. The van der Waals surface area contributed by atoms with Crippen LogP contribution in [-0.2, 0) is 4.79 Å². The van der Waals surface area contributed by atoms with Crippen LogP contribution < -0.4 is 15.8 Å². The second-order valence-corrected chi connectivity index (χ2v) is 4.32. The number of benzene rings is 2. The Balaban J connectivity index is 1.85. The Morgan fingerprint density at radius 2 is 1.81 bits per heavy atom. The molecule has 3 N–H and O–H groups in total. The van der Waals surface area contributed by atoms with E-state index in [2.05, 4.69) is 5.32 Å². The van der Waals surface area contributed by atoms with Crippen molar-refractivity contribution in [3.63, 3.8) is 0 Å². The van der Waals surface area contributed by atoms with Gasteiger partial charge in [-0.05, 0) is 24.3 Å². The summed E-state index contributed by atoms with van der Waals surface area (Å²) in [5.41, 5.74) is 5.68. The van der Waals surface area contributed by atoms with E-state index < -0.39 is 23.2 Å². The molecular weight excluding hydrogens is 278 g/mol. The highest BCUT2D eigenvalue weighted by Crippen LogP contribution is 2.18. The van der Waals surface area contributed by atoms with E-state index in [4.69, 9.17) is 10.5 Å². The molecule has 0 saturated carbocycles. The number of nitrogens with one attached hydrogen (secondary N) is 1. The molecule has 4 nitrogen and oxygen atoms in total. The normalized spacial score (nSPS) is 10.2. The molecule has 0 bridgehead atoms. The summed E-state index contributed by atoms with van der Waals surface area (Å²) in [5.74, 6) is -1.65. The zero-order valence-electron chi connectivity index (χ0n) is 11.1. The summed E-state index contributed by atoms with van der Waals surface area (Å²) in [4.78, 5) is 11.6. The number of hydrogen-bond donors (Lipinski definition) is 2. The first-order valence-electron chi connectivity index (χ1n) is 6.28. The third-order valence-corrected chi connectivity index (χ3v) is 2.68. The highest BCUT2D eigenvalue weighted by molar-refractivity contribution is 5.91. The number of nitrogens with two attached hydrogens (primary N) is 1. The molecule has 0 spiro atoms. The molecule has 0 radical (unpaired) electrons. The van der Waals surface area contributed by atoms with Crippen molar-refractivity contribution < 1.29 is 18.3 Å². The molecule has 0 saturated heterocycles. The lowest BCUT2D eigenvalue weighted by atomic mass is 10.2. The molecule has 0 aliphatic carbocycles. The Labute approximate surface area is 120 Å². The molecule has 21 heavy (non-hydrogen) atoms. The number of carbonyl (C=O) groups is 1. The number of rotatable bonds is 5.